The van der Waals surface area contributed by atoms with Crippen molar-refractivity contribution in [3.63, 3.8) is 0 Å². The Morgan fingerprint density at radius 1 is 1.19 bits per heavy atom. The molecule has 1 fully saturated rings. The van der Waals surface area contributed by atoms with Gasteiger partial charge in [0.05, 0.1) is 5.69 Å². The van der Waals surface area contributed by atoms with Gasteiger partial charge in [0.2, 0.25) is 0 Å². The van der Waals surface area contributed by atoms with Crippen LogP contribution in [0, 0.1) is 0 Å². The zero-order valence-electron chi connectivity index (χ0n) is 9.79. The smallest absolute Gasteiger partial charge is 0.137 e. The van der Waals surface area contributed by atoms with Crippen LogP contribution in [0.2, 0.25) is 0 Å². The normalized spacial score (nSPS) is 19.2. The Morgan fingerprint density at radius 2 is 2.00 bits per heavy atom. The summed E-state index contributed by atoms with van der Waals surface area (Å²) in [6.07, 6.45) is 3.52. The molecule has 1 aromatic heterocycles. The highest BCUT2D eigenvalue weighted by molar-refractivity contribution is 5.51. The van der Waals surface area contributed by atoms with E-state index in [0.717, 1.165) is 38.4 Å². The summed E-state index contributed by atoms with van der Waals surface area (Å²) in [7, 11) is 0. The molecule has 4 heteroatoms. The lowest BCUT2D eigenvalue weighted by Crippen LogP contribution is -2.22. The molecule has 3 heterocycles. The van der Waals surface area contributed by atoms with E-state index in [1.165, 1.54) is 29.9 Å². The van der Waals surface area contributed by atoms with Gasteiger partial charge in [0.25, 0.3) is 0 Å². The Morgan fingerprint density at radius 3 is 2.75 bits per heavy atom. The fourth-order valence-corrected chi connectivity index (χ4v) is 2.55. The summed E-state index contributed by atoms with van der Waals surface area (Å²) in [4.78, 5) is 11.7. The monoisotopic (exact) mass is 218 g/mol. The van der Waals surface area contributed by atoms with Crippen molar-refractivity contribution in [1.29, 1.82) is 0 Å². The third-order valence-electron chi connectivity index (χ3n) is 3.43. The molecule has 86 valence electrons. The molecule has 0 spiro atoms. The second kappa shape index (κ2) is 4.01. The molecule has 0 aromatic carbocycles. The molecule has 3 rings (SSSR count). The summed E-state index contributed by atoms with van der Waals surface area (Å²) in [5.74, 6) is 2.19. The summed E-state index contributed by atoms with van der Waals surface area (Å²) in [6, 6.07) is 0. The predicted molar refractivity (Wildman–Crippen MR) is 63.4 cm³/mol. The summed E-state index contributed by atoms with van der Waals surface area (Å²) in [6.45, 7) is 6.29. The largest absolute Gasteiger partial charge is 0.356 e. The van der Waals surface area contributed by atoms with Crippen molar-refractivity contribution in [2.75, 3.05) is 18.0 Å². The highest BCUT2D eigenvalue weighted by Crippen LogP contribution is 2.27. The number of rotatable bonds is 2. The molecule has 16 heavy (non-hydrogen) atoms. The number of anilines is 1. The predicted octanol–water partition coefficient (Wildman–Crippen LogP) is 1.24. The highest BCUT2D eigenvalue weighted by Gasteiger charge is 2.23. The van der Waals surface area contributed by atoms with Gasteiger partial charge in [-0.2, -0.15) is 0 Å². The van der Waals surface area contributed by atoms with Crippen molar-refractivity contribution < 1.29 is 0 Å². The number of hydrogen-bond acceptors (Lipinski definition) is 4. The Labute approximate surface area is 96.1 Å². The molecular formula is C12H18N4. The van der Waals surface area contributed by atoms with E-state index >= 15 is 0 Å². The molecule has 1 saturated heterocycles. The van der Waals surface area contributed by atoms with Gasteiger partial charge < -0.3 is 10.2 Å². The minimum Gasteiger partial charge on any atom is -0.356 e. The van der Waals surface area contributed by atoms with E-state index in [0.29, 0.717) is 0 Å². The lowest BCUT2D eigenvalue weighted by Gasteiger charge is -2.19. The van der Waals surface area contributed by atoms with Gasteiger partial charge in [-0.3, -0.25) is 0 Å². The highest BCUT2D eigenvalue weighted by atomic mass is 15.2. The summed E-state index contributed by atoms with van der Waals surface area (Å²) >= 11 is 0. The summed E-state index contributed by atoms with van der Waals surface area (Å²) in [5, 5.41) is 3.37. The van der Waals surface area contributed by atoms with Gasteiger partial charge in [0.1, 0.15) is 11.6 Å². The fourth-order valence-electron chi connectivity index (χ4n) is 2.55. The van der Waals surface area contributed by atoms with Crippen LogP contribution in [0.1, 0.15) is 36.8 Å². The van der Waals surface area contributed by atoms with Gasteiger partial charge in [0, 0.05) is 38.2 Å². The standard InChI is InChI=1S/C12H18N4/c1-2-11-14-10-8-13-7-9(10)12(15-11)16-5-3-4-6-16/h13H,2-8H2,1H3. The maximum absolute atomic E-state index is 4.72. The molecule has 0 saturated carbocycles. The first-order valence-electron chi connectivity index (χ1n) is 6.23. The zero-order valence-corrected chi connectivity index (χ0v) is 9.79. The summed E-state index contributed by atoms with van der Waals surface area (Å²) in [5.41, 5.74) is 2.55. The van der Waals surface area contributed by atoms with Crippen LogP contribution in [-0.2, 0) is 19.5 Å². The van der Waals surface area contributed by atoms with Gasteiger partial charge in [-0.25, -0.2) is 9.97 Å². The Balaban J connectivity index is 2.04. The molecule has 0 amide bonds. The Bertz CT molecular complexity index is 396. The Hall–Kier alpha value is -1.16. The lowest BCUT2D eigenvalue weighted by molar-refractivity contribution is 0.755. The van der Waals surface area contributed by atoms with Crippen LogP contribution in [0.25, 0.3) is 0 Å². The second-order valence-corrected chi connectivity index (χ2v) is 4.54. The van der Waals surface area contributed by atoms with Crippen molar-refractivity contribution >= 4 is 5.82 Å². The minimum absolute atomic E-state index is 0.908. The van der Waals surface area contributed by atoms with Crippen LogP contribution in [0.15, 0.2) is 0 Å². The molecule has 0 aliphatic carbocycles. The van der Waals surface area contributed by atoms with Crippen LogP contribution in [-0.4, -0.2) is 23.1 Å². The maximum Gasteiger partial charge on any atom is 0.137 e. The van der Waals surface area contributed by atoms with Crippen LogP contribution >= 0.6 is 0 Å². The lowest BCUT2D eigenvalue weighted by atomic mass is 10.2. The first kappa shape index (κ1) is 10.0. The number of aryl methyl sites for hydroxylation is 1. The van der Waals surface area contributed by atoms with Crippen LogP contribution in [0.4, 0.5) is 5.82 Å². The maximum atomic E-state index is 4.72. The van der Waals surface area contributed by atoms with Crippen LogP contribution in [0.3, 0.4) is 0 Å². The number of hydrogen-bond donors (Lipinski definition) is 1. The molecule has 2 aliphatic rings. The van der Waals surface area contributed by atoms with Crippen LogP contribution < -0.4 is 10.2 Å². The van der Waals surface area contributed by atoms with Crippen LogP contribution in [0.5, 0.6) is 0 Å². The molecule has 2 aliphatic heterocycles. The van der Waals surface area contributed by atoms with E-state index in [2.05, 4.69) is 22.1 Å². The van der Waals surface area contributed by atoms with Crippen molar-refractivity contribution in [1.82, 2.24) is 15.3 Å². The van der Waals surface area contributed by atoms with Gasteiger partial charge in [-0.15, -0.1) is 0 Å². The molecule has 1 aromatic rings. The van der Waals surface area contributed by atoms with E-state index in [1.807, 2.05) is 0 Å². The molecule has 0 atom stereocenters. The zero-order chi connectivity index (χ0) is 11.0. The molecule has 0 bridgehead atoms. The number of nitrogens with zero attached hydrogens (tertiary/aromatic N) is 3. The average Bonchev–Trinajstić information content (AvgIpc) is 2.98. The van der Waals surface area contributed by atoms with Crippen molar-refractivity contribution in [3.05, 3.63) is 17.1 Å². The molecular weight excluding hydrogens is 200 g/mol. The Kier molecular flexibility index (Phi) is 2.52. The summed E-state index contributed by atoms with van der Waals surface area (Å²) < 4.78 is 0. The van der Waals surface area contributed by atoms with E-state index in [9.17, 15) is 0 Å². The van der Waals surface area contributed by atoms with E-state index < -0.39 is 0 Å². The van der Waals surface area contributed by atoms with Gasteiger partial charge in [-0.05, 0) is 12.8 Å². The van der Waals surface area contributed by atoms with E-state index in [4.69, 9.17) is 4.98 Å². The van der Waals surface area contributed by atoms with Gasteiger partial charge >= 0.3 is 0 Å². The third-order valence-corrected chi connectivity index (χ3v) is 3.43. The first-order valence-corrected chi connectivity index (χ1v) is 6.23. The van der Waals surface area contributed by atoms with Crippen molar-refractivity contribution in [3.8, 4) is 0 Å². The number of fused-ring (bicyclic) bond motifs is 1. The second-order valence-electron chi connectivity index (χ2n) is 4.54. The topological polar surface area (TPSA) is 41.1 Å². The van der Waals surface area contributed by atoms with E-state index in [1.54, 1.807) is 0 Å². The molecule has 0 radical (unpaired) electrons. The number of aromatic nitrogens is 2. The fraction of sp³-hybridized carbons (Fsp3) is 0.667. The third kappa shape index (κ3) is 1.57. The minimum atomic E-state index is 0.908. The van der Waals surface area contributed by atoms with Crippen molar-refractivity contribution in [2.45, 2.75) is 39.3 Å². The average molecular weight is 218 g/mol. The quantitative estimate of drug-likeness (QED) is 0.811. The number of nitrogens with one attached hydrogen (secondary N) is 1. The molecule has 4 nitrogen and oxygen atoms in total. The van der Waals surface area contributed by atoms with Gasteiger partial charge in [0.15, 0.2) is 0 Å². The van der Waals surface area contributed by atoms with Gasteiger partial charge in [-0.1, -0.05) is 6.92 Å². The first-order chi connectivity index (χ1) is 7.88. The van der Waals surface area contributed by atoms with E-state index in [-0.39, 0.29) is 0 Å². The SMILES string of the molecule is CCc1nc2c(c(N3CCCC3)n1)CNC2. The molecule has 1 N–H and O–H groups in total. The molecule has 0 unspecified atom stereocenters. The van der Waals surface area contributed by atoms with Crippen molar-refractivity contribution in [2.24, 2.45) is 0 Å².